The lowest BCUT2D eigenvalue weighted by molar-refractivity contribution is 0.444. The first-order valence-electron chi connectivity index (χ1n) is 21.4. The van der Waals surface area contributed by atoms with Crippen LogP contribution in [0.4, 0.5) is 0 Å². The smallest absolute Gasteiger partial charge is 0.0782 e. The molecule has 0 N–H and O–H groups in total. The molecule has 284 valence electrons. The molecule has 0 bridgehead atoms. The van der Waals surface area contributed by atoms with E-state index < -0.39 is 5.41 Å². The van der Waals surface area contributed by atoms with E-state index in [0.717, 1.165) is 43.4 Å². The molecular weight excluding hydrogens is 711 g/mol. The van der Waals surface area contributed by atoms with Crippen LogP contribution in [0.1, 0.15) is 88.7 Å². The number of aliphatic imine (C=N–C) groups is 1. The number of hydrogen-bond acceptors (Lipinski definition) is 1. The van der Waals surface area contributed by atoms with Crippen molar-refractivity contribution >= 4 is 28.0 Å². The number of hydrogen-bond donors (Lipinski definition) is 0. The molecule has 3 atom stereocenters. The molecule has 1 heteroatoms. The van der Waals surface area contributed by atoms with E-state index in [4.69, 9.17) is 4.99 Å². The maximum Gasteiger partial charge on any atom is 0.0782 e. The molecular formula is C58H47N. The molecule has 0 radical (unpaired) electrons. The second-order valence-electron chi connectivity index (χ2n) is 16.9. The molecule has 0 saturated heterocycles. The summed E-state index contributed by atoms with van der Waals surface area (Å²) in [6.07, 6.45) is 16.9. The van der Waals surface area contributed by atoms with Crippen molar-refractivity contribution in [3.05, 3.63) is 250 Å². The van der Waals surface area contributed by atoms with Crippen molar-refractivity contribution in [3.63, 3.8) is 0 Å². The van der Waals surface area contributed by atoms with Crippen molar-refractivity contribution < 1.29 is 0 Å². The Morgan fingerprint density at radius 2 is 1.36 bits per heavy atom. The Balaban J connectivity index is 1.12. The van der Waals surface area contributed by atoms with Crippen molar-refractivity contribution in [1.29, 1.82) is 0 Å². The van der Waals surface area contributed by atoms with E-state index in [0.29, 0.717) is 5.92 Å². The molecule has 5 aliphatic rings. The fourth-order valence-electron chi connectivity index (χ4n) is 11.0. The summed E-state index contributed by atoms with van der Waals surface area (Å²) in [7, 11) is 0. The largest absolute Gasteiger partial charge is 0.276 e. The van der Waals surface area contributed by atoms with Crippen LogP contribution in [0.15, 0.2) is 205 Å². The fourth-order valence-corrected chi connectivity index (χ4v) is 11.0. The molecule has 1 spiro atoms. The molecule has 11 rings (SSSR count). The quantitative estimate of drug-likeness (QED) is 0.166. The van der Waals surface area contributed by atoms with E-state index in [-0.39, 0.29) is 6.04 Å². The van der Waals surface area contributed by atoms with Gasteiger partial charge in [0.05, 0.1) is 17.2 Å². The third-order valence-electron chi connectivity index (χ3n) is 13.7. The lowest BCUT2D eigenvalue weighted by Gasteiger charge is -2.35. The van der Waals surface area contributed by atoms with Gasteiger partial charge in [0.15, 0.2) is 0 Å². The van der Waals surface area contributed by atoms with Crippen LogP contribution >= 0.6 is 0 Å². The van der Waals surface area contributed by atoms with Crippen LogP contribution in [0.2, 0.25) is 0 Å². The average Bonchev–Trinajstić information content (AvgIpc) is 3.74. The zero-order chi connectivity index (χ0) is 39.5. The molecule has 0 aromatic heterocycles. The van der Waals surface area contributed by atoms with Gasteiger partial charge in [0, 0.05) is 0 Å². The topological polar surface area (TPSA) is 12.4 Å². The predicted molar refractivity (Wildman–Crippen MR) is 248 cm³/mol. The maximum atomic E-state index is 5.75. The Labute approximate surface area is 348 Å². The van der Waals surface area contributed by atoms with E-state index in [1.807, 2.05) is 0 Å². The van der Waals surface area contributed by atoms with E-state index in [1.54, 1.807) is 0 Å². The molecule has 0 amide bonds. The van der Waals surface area contributed by atoms with Gasteiger partial charge in [-0.15, -0.1) is 0 Å². The van der Waals surface area contributed by atoms with Crippen molar-refractivity contribution in [2.75, 3.05) is 0 Å². The number of rotatable bonds is 5. The Hall–Kier alpha value is -6.57. The van der Waals surface area contributed by atoms with Gasteiger partial charge in [-0.3, -0.25) is 4.99 Å². The zero-order valence-corrected chi connectivity index (χ0v) is 33.7. The minimum absolute atomic E-state index is 0.00232. The molecule has 0 fully saturated rings. The van der Waals surface area contributed by atoms with Gasteiger partial charge < -0.3 is 0 Å². The number of nitrogens with zero attached hydrogens (tertiary/aromatic N) is 1. The standard InChI is InChI=1S/C58H47N/c1-3-52-51(35-44-34-42-22-10-11-23-45(42)47-25-13-12-24-46(44)47)49-27-15-17-29-54(49)58(52)53-28-16-14-26-48(53)50-33-32-43(36-55(50)58)57-38(2)30-31-41(39-18-6-4-7-19-39)37-56(59-57)40-20-8-5-9-21-40/h3-15,17-27,29,32-33,35-38,57H,1,16,28,30-31,34H2,2H3/b41-37+,44-35+,59-56?. The van der Waals surface area contributed by atoms with E-state index in [2.05, 4.69) is 196 Å². The van der Waals surface area contributed by atoms with Crippen LogP contribution < -0.4 is 0 Å². The summed E-state index contributed by atoms with van der Waals surface area (Å²) in [4.78, 5) is 5.75. The minimum atomic E-state index is -0.431. The van der Waals surface area contributed by atoms with Crippen molar-refractivity contribution in [3.8, 4) is 11.1 Å². The van der Waals surface area contributed by atoms with Gasteiger partial charge in [-0.1, -0.05) is 183 Å². The Kier molecular flexibility index (Phi) is 8.66. The number of allylic oxidation sites excluding steroid dienone is 11. The van der Waals surface area contributed by atoms with Gasteiger partial charge >= 0.3 is 0 Å². The minimum Gasteiger partial charge on any atom is -0.276 e. The normalized spacial score (nSPS) is 23.0. The highest BCUT2D eigenvalue weighted by Crippen LogP contribution is 2.63. The highest BCUT2D eigenvalue weighted by molar-refractivity contribution is 6.12. The number of fused-ring (bicyclic) bond motifs is 9. The second-order valence-corrected chi connectivity index (χ2v) is 16.9. The summed E-state index contributed by atoms with van der Waals surface area (Å²) in [5, 5.41) is 0. The van der Waals surface area contributed by atoms with Crippen LogP contribution in [-0.4, -0.2) is 5.71 Å². The highest BCUT2D eigenvalue weighted by atomic mass is 14.8. The van der Waals surface area contributed by atoms with Crippen LogP contribution in [0.25, 0.3) is 33.4 Å². The summed E-state index contributed by atoms with van der Waals surface area (Å²) in [5.74, 6) is 0.332. The molecule has 59 heavy (non-hydrogen) atoms. The molecule has 1 heterocycles. The Bertz CT molecular complexity index is 2870. The van der Waals surface area contributed by atoms with E-state index in [1.165, 1.54) is 89.1 Å². The summed E-state index contributed by atoms with van der Waals surface area (Å²) < 4.78 is 0. The average molecular weight is 758 g/mol. The van der Waals surface area contributed by atoms with Gasteiger partial charge in [0.2, 0.25) is 0 Å². The molecule has 0 saturated carbocycles. The molecule has 1 nitrogen and oxygen atoms in total. The van der Waals surface area contributed by atoms with Crippen LogP contribution in [0.3, 0.4) is 0 Å². The Morgan fingerprint density at radius 3 is 2.15 bits per heavy atom. The molecule has 1 aliphatic heterocycles. The van der Waals surface area contributed by atoms with Gasteiger partial charge in [-0.2, -0.15) is 0 Å². The second kappa shape index (κ2) is 14.4. The van der Waals surface area contributed by atoms with E-state index in [9.17, 15) is 0 Å². The lowest BCUT2D eigenvalue weighted by Crippen LogP contribution is -2.29. The predicted octanol–water partition coefficient (Wildman–Crippen LogP) is 14.4. The van der Waals surface area contributed by atoms with Crippen molar-refractivity contribution in [2.45, 2.75) is 50.5 Å². The molecule has 6 aromatic carbocycles. The first kappa shape index (κ1) is 35.6. The SMILES string of the molecule is C=CC1=C(/C=C2\Cc3ccccc3-c3ccccc32)c2ccccc2C12C1=C(C=CCC1)c1ccc(C3N=C(c4ccccc4)/C=C(/c4ccccc4)CCC3C)cc12. The first-order chi connectivity index (χ1) is 29.1. The summed E-state index contributed by atoms with van der Waals surface area (Å²) in [6.45, 7) is 7.05. The summed E-state index contributed by atoms with van der Waals surface area (Å²) in [5.41, 5.74) is 23.3. The van der Waals surface area contributed by atoms with Crippen LogP contribution in [0, 0.1) is 5.92 Å². The van der Waals surface area contributed by atoms with Crippen LogP contribution in [-0.2, 0) is 11.8 Å². The monoisotopic (exact) mass is 757 g/mol. The fraction of sp³-hybridized carbons (Fsp3) is 0.155. The summed E-state index contributed by atoms with van der Waals surface area (Å²) in [6, 6.07) is 56.1. The molecule has 6 aromatic rings. The van der Waals surface area contributed by atoms with Crippen molar-refractivity contribution in [1.82, 2.24) is 0 Å². The van der Waals surface area contributed by atoms with Crippen LogP contribution in [0.5, 0.6) is 0 Å². The van der Waals surface area contributed by atoms with E-state index >= 15 is 0 Å². The van der Waals surface area contributed by atoms with Crippen molar-refractivity contribution in [2.24, 2.45) is 10.9 Å². The summed E-state index contributed by atoms with van der Waals surface area (Å²) >= 11 is 0. The molecule has 3 unspecified atom stereocenters. The van der Waals surface area contributed by atoms with Gasteiger partial charge in [-0.05, 0) is 145 Å². The first-order valence-corrected chi connectivity index (χ1v) is 21.4. The zero-order valence-electron chi connectivity index (χ0n) is 33.7. The third kappa shape index (κ3) is 5.63. The van der Waals surface area contributed by atoms with Gasteiger partial charge in [0.25, 0.3) is 0 Å². The lowest BCUT2D eigenvalue weighted by atomic mass is 9.67. The maximum absolute atomic E-state index is 5.75. The third-order valence-corrected chi connectivity index (χ3v) is 13.7. The van der Waals surface area contributed by atoms with Gasteiger partial charge in [-0.25, -0.2) is 0 Å². The Morgan fingerprint density at radius 1 is 0.661 bits per heavy atom. The van der Waals surface area contributed by atoms with Gasteiger partial charge in [0.1, 0.15) is 0 Å². The molecule has 4 aliphatic carbocycles. The highest BCUT2D eigenvalue weighted by Gasteiger charge is 2.53. The number of benzene rings is 6.